The fraction of sp³-hybridized carbons (Fsp3) is 1.00. The minimum atomic E-state index is -0.00792. The minimum Gasteiger partial charge on any atom is -0.380 e. The van der Waals surface area contributed by atoms with Gasteiger partial charge in [0.1, 0.15) is 0 Å². The van der Waals surface area contributed by atoms with E-state index in [0.717, 1.165) is 6.54 Å². The third-order valence-corrected chi connectivity index (χ3v) is 2.10. The van der Waals surface area contributed by atoms with Crippen LogP contribution < -0.4 is 5.32 Å². The maximum atomic E-state index is 10.1. The van der Waals surface area contributed by atoms with Gasteiger partial charge in [0.05, 0.1) is 25.2 Å². The summed E-state index contributed by atoms with van der Waals surface area (Å²) in [6.45, 7) is 6.70. The van der Waals surface area contributed by atoms with Crippen molar-refractivity contribution in [2.75, 3.05) is 26.3 Å². The summed E-state index contributed by atoms with van der Waals surface area (Å²) in [5, 5.41) is 6.23. The summed E-state index contributed by atoms with van der Waals surface area (Å²) in [5.41, 5.74) is -0.00792. The van der Waals surface area contributed by atoms with Crippen molar-refractivity contribution < 1.29 is 4.74 Å². The van der Waals surface area contributed by atoms with E-state index in [1.54, 1.807) is 0 Å². The molecule has 0 amide bonds. The maximum absolute atomic E-state index is 10.1. The van der Waals surface area contributed by atoms with E-state index in [4.69, 9.17) is 4.74 Å². The van der Waals surface area contributed by atoms with Crippen LogP contribution in [0.2, 0.25) is 0 Å². The van der Waals surface area contributed by atoms with E-state index in [-0.39, 0.29) is 5.41 Å². The second kappa shape index (κ2) is 3.96. The molecule has 1 heterocycles. The van der Waals surface area contributed by atoms with Crippen LogP contribution >= 0.6 is 0 Å². The summed E-state index contributed by atoms with van der Waals surface area (Å²) in [6.07, 6.45) is 0. The van der Waals surface area contributed by atoms with Gasteiger partial charge in [-0.2, -0.15) is 4.91 Å². The Morgan fingerprint density at radius 1 is 1.58 bits per heavy atom. The van der Waals surface area contributed by atoms with Crippen molar-refractivity contribution in [3.05, 3.63) is 4.91 Å². The van der Waals surface area contributed by atoms with Crippen molar-refractivity contribution in [1.82, 2.24) is 5.32 Å². The normalized spacial score (nSPS) is 20.6. The molecule has 0 atom stereocenters. The molecular weight excluding hydrogens is 156 g/mol. The lowest BCUT2D eigenvalue weighted by atomic mass is 9.86. The van der Waals surface area contributed by atoms with E-state index in [1.165, 1.54) is 0 Å². The zero-order valence-electron chi connectivity index (χ0n) is 7.67. The molecule has 0 aliphatic carbocycles. The van der Waals surface area contributed by atoms with E-state index in [2.05, 4.69) is 24.3 Å². The van der Waals surface area contributed by atoms with Gasteiger partial charge in [-0.25, -0.2) is 0 Å². The van der Waals surface area contributed by atoms with Crippen LogP contribution in [0.5, 0.6) is 0 Å². The zero-order valence-corrected chi connectivity index (χ0v) is 7.67. The largest absolute Gasteiger partial charge is 0.380 e. The maximum Gasteiger partial charge on any atom is 0.0923 e. The van der Waals surface area contributed by atoms with Gasteiger partial charge in [0.2, 0.25) is 0 Å². The highest BCUT2D eigenvalue weighted by Crippen LogP contribution is 2.26. The third-order valence-electron chi connectivity index (χ3n) is 2.10. The van der Waals surface area contributed by atoms with E-state index in [1.807, 2.05) is 0 Å². The Hall–Kier alpha value is -0.480. The SMILES string of the molecule is CC(C)NCC1(CN=O)COC1. The molecule has 0 saturated carbocycles. The number of nitrogens with one attached hydrogen (secondary N) is 1. The first-order chi connectivity index (χ1) is 5.68. The Labute approximate surface area is 72.6 Å². The average Bonchev–Trinajstić information content (AvgIpc) is 1.94. The molecule has 0 radical (unpaired) electrons. The molecule has 0 spiro atoms. The van der Waals surface area contributed by atoms with Gasteiger partial charge in [-0.15, -0.1) is 0 Å². The Morgan fingerprint density at radius 3 is 2.58 bits per heavy atom. The van der Waals surface area contributed by atoms with E-state index in [0.29, 0.717) is 25.8 Å². The number of hydrogen-bond acceptors (Lipinski definition) is 4. The highest BCUT2D eigenvalue weighted by atomic mass is 16.5. The standard InChI is InChI=1S/C8H16N2O2/c1-7(2)9-3-8(4-10-11)5-12-6-8/h7,9H,3-6H2,1-2H3. The van der Waals surface area contributed by atoms with Gasteiger partial charge in [0.15, 0.2) is 0 Å². The van der Waals surface area contributed by atoms with Crippen molar-refractivity contribution in [3.63, 3.8) is 0 Å². The fourth-order valence-electron chi connectivity index (χ4n) is 1.20. The molecule has 1 fully saturated rings. The molecule has 0 unspecified atom stereocenters. The molecule has 0 bridgehead atoms. The Balaban J connectivity index is 2.29. The van der Waals surface area contributed by atoms with Gasteiger partial charge >= 0.3 is 0 Å². The second-order valence-corrected chi connectivity index (χ2v) is 3.82. The average molecular weight is 172 g/mol. The van der Waals surface area contributed by atoms with Crippen molar-refractivity contribution in [2.45, 2.75) is 19.9 Å². The molecule has 1 aliphatic heterocycles. The summed E-state index contributed by atoms with van der Waals surface area (Å²) in [7, 11) is 0. The van der Waals surface area contributed by atoms with E-state index < -0.39 is 0 Å². The predicted octanol–water partition coefficient (Wildman–Crippen LogP) is 0.767. The van der Waals surface area contributed by atoms with Crippen LogP contribution in [0.1, 0.15) is 13.8 Å². The first-order valence-electron chi connectivity index (χ1n) is 4.29. The monoisotopic (exact) mass is 172 g/mol. The van der Waals surface area contributed by atoms with Gasteiger partial charge in [-0.3, -0.25) is 0 Å². The highest BCUT2D eigenvalue weighted by molar-refractivity contribution is 4.89. The van der Waals surface area contributed by atoms with Crippen molar-refractivity contribution in [1.29, 1.82) is 0 Å². The molecule has 1 saturated heterocycles. The number of nitroso groups, excluding NO2 is 1. The molecule has 1 N–H and O–H groups in total. The predicted molar refractivity (Wildman–Crippen MR) is 47.1 cm³/mol. The van der Waals surface area contributed by atoms with Gasteiger partial charge in [-0.05, 0) is 0 Å². The minimum absolute atomic E-state index is 0.00792. The van der Waals surface area contributed by atoms with Gasteiger partial charge in [-0.1, -0.05) is 19.0 Å². The van der Waals surface area contributed by atoms with Gasteiger partial charge in [0.25, 0.3) is 0 Å². The quantitative estimate of drug-likeness (QED) is 0.623. The molecule has 4 heteroatoms. The lowest BCUT2D eigenvalue weighted by Crippen LogP contribution is -2.52. The molecule has 1 rings (SSSR count). The summed E-state index contributed by atoms with van der Waals surface area (Å²) < 4.78 is 5.08. The van der Waals surface area contributed by atoms with Crippen molar-refractivity contribution in [3.8, 4) is 0 Å². The fourth-order valence-corrected chi connectivity index (χ4v) is 1.20. The van der Waals surface area contributed by atoms with Gasteiger partial charge < -0.3 is 10.1 Å². The van der Waals surface area contributed by atoms with Crippen LogP contribution in [0.4, 0.5) is 0 Å². The lowest BCUT2D eigenvalue weighted by molar-refractivity contribution is -0.105. The topological polar surface area (TPSA) is 50.7 Å². The molecule has 4 nitrogen and oxygen atoms in total. The molecule has 1 aliphatic rings. The molecular formula is C8H16N2O2. The highest BCUT2D eigenvalue weighted by Gasteiger charge is 2.38. The van der Waals surface area contributed by atoms with Gasteiger partial charge in [0, 0.05) is 12.6 Å². The van der Waals surface area contributed by atoms with Crippen LogP contribution in [-0.2, 0) is 4.74 Å². The number of ether oxygens (including phenoxy) is 1. The van der Waals surface area contributed by atoms with E-state index in [9.17, 15) is 4.91 Å². The van der Waals surface area contributed by atoms with Crippen molar-refractivity contribution in [2.24, 2.45) is 10.6 Å². The van der Waals surface area contributed by atoms with Crippen LogP contribution in [0.25, 0.3) is 0 Å². The van der Waals surface area contributed by atoms with Crippen LogP contribution in [0, 0.1) is 10.3 Å². The third kappa shape index (κ3) is 2.25. The molecule has 12 heavy (non-hydrogen) atoms. The Bertz CT molecular complexity index is 155. The smallest absolute Gasteiger partial charge is 0.0923 e. The molecule has 0 aromatic rings. The summed E-state index contributed by atoms with van der Waals surface area (Å²) >= 11 is 0. The molecule has 0 aromatic carbocycles. The van der Waals surface area contributed by atoms with Crippen LogP contribution in [0.3, 0.4) is 0 Å². The summed E-state index contributed by atoms with van der Waals surface area (Å²) in [5.74, 6) is 0. The molecule has 70 valence electrons. The lowest BCUT2D eigenvalue weighted by Gasteiger charge is -2.40. The summed E-state index contributed by atoms with van der Waals surface area (Å²) in [4.78, 5) is 10.1. The van der Waals surface area contributed by atoms with Crippen LogP contribution in [0.15, 0.2) is 5.18 Å². The second-order valence-electron chi connectivity index (χ2n) is 3.82. The Morgan fingerprint density at radius 2 is 2.25 bits per heavy atom. The molecule has 0 aromatic heterocycles. The first-order valence-corrected chi connectivity index (χ1v) is 4.29. The zero-order chi connectivity index (χ0) is 9.03. The summed E-state index contributed by atoms with van der Waals surface area (Å²) in [6, 6.07) is 0.453. The first kappa shape index (κ1) is 9.61. The number of hydrogen-bond donors (Lipinski definition) is 1. The van der Waals surface area contributed by atoms with E-state index >= 15 is 0 Å². The number of rotatable bonds is 5. The van der Waals surface area contributed by atoms with Crippen molar-refractivity contribution >= 4 is 0 Å². The van der Waals surface area contributed by atoms with Crippen LogP contribution in [-0.4, -0.2) is 32.3 Å². The Kier molecular flexibility index (Phi) is 3.17. The number of nitrogens with zero attached hydrogens (tertiary/aromatic N) is 1.